The largest absolute Gasteiger partial charge is 0.389 e. The Bertz CT molecular complexity index is 431. The molecule has 2 rings (SSSR count). The third-order valence-electron chi connectivity index (χ3n) is 2.90. The molecule has 2 N–H and O–H groups in total. The van der Waals surface area contributed by atoms with Gasteiger partial charge in [0.05, 0.1) is 13.2 Å². The fourth-order valence-electron chi connectivity index (χ4n) is 2.11. The number of hydrogen-bond acceptors (Lipinski definition) is 4. The summed E-state index contributed by atoms with van der Waals surface area (Å²) in [7, 11) is 0. The number of hydrogen-bond donors (Lipinski definition) is 1. The Hall–Kier alpha value is -0.780. The van der Waals surface area contributed by atoms with Crippen molar-refractivity contribution in [1.82, 2.24) is 0 Å². The molecule has 1 aliphatic rings. The van der Waals surface area contributed by atoms with Gasteiger partial charge in [-0.2, -0.15) is 0 Å². The summed E-state index contributed by atoms with van der Waals surface area (Å²) in [5, 5.41) is 0. The summed E-state index contributed by atoms with van der Waals surface area (Å²) in [6.45, 7) is 5.46. The van der Waals surface area contributed by atoms with E-state index in [1.165, 1.54) is 4.90 Å². The van der Waals surface area contributed by atoms with Crippen LogP contribution in [0.5, 0.6) is 0 Å². The molecule has 0 aromatic heterocycles. The summed E-state index contributed by atoms with van der Waals surface area (Å²) >= 11 is 7.01. The van der Waals surface area contributed by atoms with Crippen LogP contribution in [0.15, 0.2) is 23.1 Å². The first-order valence-electron chi connectivity index (χ1n) is 6.12. The van der Waals surface area contributed by atoms with E-state index in [2.05, 4.69) is 30.0 Å². The van der Waals surface area contributed by atoms with E-state index in [4.69, 9.17) is 22.7 Å². The van der Waals surface area contributed by atoms with E-state index >= 15 is 0 Å². The van der Waals surface area contributed by atoms with Crippen molar-refractivity contribution in [3.8, 4) is 0 Å². The molecule has 1 aliphatic heterocycles. The van der Waals surface area contributed by atoms with Gasteiger partial charge in [0.25, 0.3) is 0 Å². The topological polar surface area (TPSA) is 38.5 Å². The monoisotopic (exact) mass is 282 g/mol. The first kappa shape index (κ1) is 13.6. The second-order valence-electron chi connectivity index (χ2n) is 4.05. The smallest absolute Gasteiger partial charge is 0.107 e. The molecule has 3 nitrogen and oxygen atoms in total. The fraction of sp³-hybridized carbons (Fsp3) is 0.462. The lowest BCUT2D eigenvalue weighted by Gasteiger charge is -2.31. The molecule has 5 heteroatoms. The molecule has 0 radical (unpaired) electrons. The molecule has 1 heterocycles. The van der Waals surface area contributed by atoms with Gasteiger partial charge in [0.15, 0.2) is 0 Å². The molecule has 0 amide bonds. The predicted octanol–water partition coefficient (Wildman–Crippen LogP) is 2.27. The van der Waals surface area contributed by atoms with Gasteiger partial charge in [0.1, 0.15) is 4.99 Å². The number of rotatable bonds is 4. The van der Waals surface area contributed by atoms with Gasteiger partial charge >= 0.3 is 0 Å². The van der Waals surface area contributed by atoms with Gasteiger partial charge in [0.2, 0.25) is 0 Å². The van der Waals surface area contributed by atoms with Gasteiger partial charge in [-0.3, -0.25) is 0 Å². The maximum absolute atomic E-state index is 5.91. The van der Waals surface area contributed by atoms with Crippen molar-refractivity contribution >= 4 is 34.7 Å². The van der Waals surface area contributed by atoms with Crippen molar-refractivity contribution in [2.45, 2.75) is 11.8 Å². The van der Waals surface area contributed by atoms with Crippen LogP contribution in [0.2, 0.25) is 0 Å². The van der Waals surface area contributed by atoms with Gasteiger partial charge in [-0.05, 0) is 17.9 Å². The first-order chi connectivity index (χ1) is 8.74. The molecule has 0 spiro atoms. The van der Waals surface area contributed by atoms with E-state index in [-0.39, 0.29) is 0 Å². The third kappa shape index (κ3) is 2.96. The molecular weight excluding hydrogens is 264 g/mol. The van der Waals surface area contributed by atoms with E-state index in [1.54, 1.807) is 11.8 Å². The lowest BCUT2D eigenvalue weighted by Crippen LogP contribution is -2.37. The number of thioether (sulfide) groups is 1. The lowest BCUT2D eigenvalue weighted by molar-refractivity contribution is 0.122. The molecular formula is C13H18N2OS2. The lowest BCUT2D eigenvalue weighted by atomic mass is 10.1. The van der Waals surface area contributed by atoms with Crippen LogP contribution < -0.4 is 10.6 Å². The molecule has 0 aliphatic carbocycles. The second-order valence-corrected chi connectivity index (χ2v) is 5.79. The van der Waals surface area contributed by atoms with Crippen LogP contribution in [0.25, 0.3) is 0 Å². The van der Waals surface area contributed by atoms with Gasteiger partial charge < -0.3 is 15.4 Å². The second kappa shape index (κ2) is 6.41. The van der Waals surface area contributed by atoms with Gasteiger partial charge in [-0.25, -0.2) is 0 Å². The Morgan fingerprint density at radius 2 is 2.17 bits per heavy atom. The highest BCUT2D eigenvalue weighted by Gasteiger charge is 2.18. The first-order valence-corrected chi connectivity index (χ1v) is 7.51. The minimum absolute atomic E-state index is 0.480. The molecule has 1 aromatic carbocycles. The summed E-state index contributed by atoms with van der Waals surface area (Å²) in [4.78, 5) is 3.96. The molecule has 1 saturated heterocycles. The highest BCUT2D eigenvalue weighted by molar-refractivity contribution is 7.99. The van der Waals surface area contributed by atoms with Crippen LogP contribution >= 0.6 is 24.0 Å². The normalized spacial score (nSPS) is 15.7. The van der Waals surface area contributed by atoms with Crippen LogP contribution in [-0.2, 0) is 4.74 Å². The number of ether oxygens (including phenoxy) is 1. The van der Waals surface area contributed by atoms with Crippen molar-refractivity contribution in [2.75, 3.05) is 37.0 Å². The third-order valence-corrected chi connectivity index (χ3v) is 4.05. The summed E-state index contributed by atoms with van der Waals surface area (Å²) in [5.41, 5.74) is 8.07. The SMILES string of the molecule is CCSc1cccc(N2CCOCC2)c1C(N)=S. The van der Waals surface area contributed by atoms with E-state index in [9.17, 15) is 0 Å². The number of nitrogens with two attached hydrogens (primary N) is 1. The summed E-state index contributed by atoms with van der Waals surface area (Å²) in [5.74, 6) is 1.02. The fourth-order valence-corrected chi connectivity index (χ4v) is 3.23. The molecule has 0 bridgehead atoms. The zero-order chi connectivity index (χ0) is 13.0. The molecule has 18 heavy (non-hydrogen) atoms. The highest BCUT2D eigenvalue weighted by Crippen LogP contribution is 2.31. The zero-order valence-electron chi connectivity index (χ0n) is 10.5. The summed E-state index contributed by atoms with van der Waals surface area (Å²) < 4.78 is 5.39. The number of benzene rings is 1. The summed E-state index contributed by atoms with van der Waals surface area (Å²) in [6, 6.07) is 6.26. The van der Waals surface area contributed by atoms with E-state index in [1.807, 2.05) is 0 Å². The maximum Gasteiger partial charge on any atom is 0.107 e. The van der Waals surface area contributed by atoms with Crippen LogP contribution in [0.1, 0.15) is 12.5 Å². The predicted molar refractivity (Wildman–Crippen MR) is 81.8 cm³/mol. The standard InChI is InChI=1S/C13H18N2OS2/c1-2-18-11-5-3-4-10(12(11)13(14)17)15-6-8-16-9-7-15/h3-5H,2,6-9H2,1H3,(H2,14,17). The maximum atomic E-state index is 5.91. The Kier molecular flexibility index (Phi) is 4.86. The molecule has 1 aromatic rings. The molecule has 0 atom stereocenters. The van der Waals surface area contributed by atoms with E-state index in [0.29, 0.717) is 4.99 Å². The average Bonchev–Trinajstić information content (AvgIpc) is 2.39. The quantitative estimate of drug-likeness (QED) is 0.677. The number of anilines is 1. The minimum Gasteiger partial charge on any atom is -0.389 e. The van der Waals surface area contributed by atoms with Crippen molar-refractivity contribution < 1.29 is 4.74 Å². The zero-order valence-corrected chi connectivity index (χ0v) is 12.1. The van der Waals surface area contributed by atoms with Crippen molar-refractivity contribution in [3.05, 3.63) is 23.8 Å². The Morgan fingerprint density at radius 3 is 2.78 bits per heavy atom. The number of nitrogens with zero attached hydrogens (tertiary/aromatic N) is 1. The minimum atomic E-state index is 0.480. The van der Waals surface area contributed by atoms with E-state index in [0.717, 1.165) is 43.3 Å². The Labute approximate surface area is 118 Å². The average molecular weight is 282 g/mol. The van der Waals surface area contributed by atoms with Crippen LogP contribution in [0.4, 0.5) is 5.69 Å². The Balaban J connectivity index is 2.38. The Morgan fingerprint density at radius 1 is 1.44 bits per heavy atom. The summed E-state index contributed by atoms with van der Waals surface area (Å²) in [6.07, 6.45) is 0. The van der Waals surface area contributed by atoms with Crippen molar-refractivity contribution in [2.24, 2.45) is 5.73 Å². The molecule has 0 unspecified atom stereocenters. The van der Waals surface area contributed by atoms with Gasteiger partial charge in [-0.1, -0.05) is 25.2 Å². The molecule has 1 fully saturated rings. The number of morpholine rings is 1. The van der Waals surface area contributed by atoms with Crippen LogP contribution in [0.3, 0.4) is 0 Å². The highest BCUT2D eigenvalue weighted by atomic mass is 32.2. The number of thiocarbonyl (C=S) groups is 1. The van der Waals surface area contributed by atoms with Crippen LogP contribution in [0, 0.1) is 0 Å². The van der Waals surface area contributed by atoms with Gasteiger partial charge in [-0.15, -0.1) is 11.8 Å². The molecule has 98 valence electrons. The van der Waals surface area contributed by atoms with E-state index < -0.39 is 0 Å². The van der Waals surface area contributed by atoms with Crippen LogP contribution in [-0.4, -0.2) is 37.0 Å². The van der Waals surface area contributed by atoms with Crippen molar-refractivity contribution in [1.29, 1.82) is 0 Å². The van der Waals surface area contributed by atoms with Gasteiger partial charge in [0, 0.05) is 29.2 Å². The van der Waals surface area contributed by atoms with Crippen molar-refractivity contribution in [3.63, 3.8) is 0 Å². The molecule has 0 saturated carbocycles.